The van der Waals surface area contributed by atoms with E-state index in [1.807, 2.05) is 31.2 Å². The smallest absolute Gasteiger partial charge is 0.414 e. The van der Waals surface area contributed by atoms with Gasteiger partial charge in [0.1, 0.15) is 5.58 Å². The molecule has 1 aromatic heterocycles. The van der Waals surface area contributed by atoms with Crippen molar-refractivity contribution in [3.8, 4) is 5.75 Å². The summed E-state index contributed by atoms with van der Waals surface area (Å²) in [6.07, 6.45) is -0.185. The molecular weight excluding hydrogens is 414 g/mol. The summed E-state index contributed by atoms with van der Waals surface area (Å²) in [5.41, 5.74) is 2.92. The molecule has 0 bridgehead atoms. The zero-order valence-corrected chi connectivity index (χ0v) is 17.7. The highest BCUT2D eigenvalue weighted by Crippen LogP contribution is 2.32. The predicted molar refractivity (Wildman–Crippen MR) is 117 cm³/mol. The van der Waals surface area contributed by atoms with E-state index in [1.165, 1.54) is 11.0 Å². The summed E-state index contributed by atoms with van der Waals surface area (Å²) < 4.78 is 13.7. The Morgan fingerprint density at radius 1 is 1.31 bits per heavy atom. The highest BCUT2D eigenvalue weighted by atomic mass is 35.5. The molecule has 1 amide bonds. The molecule has 0 unspecified atom stereocenters. The number of nitrogens with two attached hydrogens (primary N) is 1. The van der Waals surface area contributed by atoms with Gasteiger partial charge in [-0.25, -0.2) is 9.59 Å². The van der Waals surface area contributed by atoms with Crippen LogP contribution in [0.2, 0.25) is 5.02 Å². The second kappa shape index (κ2) is 8.77. The van der Waals surface area contributed by atoms with E-state index in [9.17, 15) is 9.59 Å². The second-order valence-electron chi connectivity index (χ2n) is 6.63. The molecule has 0 atom stereocenters. The molecule has 29 heavy (non-hydrogen) atoms. The molecule has 7 nitrogen and oxygen atoms in total. The summed E-state index contributed by atoms with van der Waals surface area (Å²) >= 11 is 7.30. The molecule has 0 saturated heterocycles. The van der Waals surface area contributed by atoms with Crippen molar-refractivity contribution < 1.29 is 13.9 Å². The van der Waals surface area contributed by atoms with Gasteiger partial charge in [-0.05, 0) is 36.2 Å². The third-order valence-electron chi connectivity index (χ3n) is 4.39. The van der Waals surface area contributed by atoms with E-state index in [1.54, 1.807) is 20.2 Å². The van der Waals surface area contributed by atoms with E-state index in [-0.39, 0.29) is 10.8 Å². The summed E-state index contributed by atoms with van der Waals surface area (Å²) in [4.78, 5) is 25.7. The van der Waals surface area contributed by atoms with E-state index in [0.717, 1.165) is 28.9 Å². The summed E-state index contributed by atoms with van der Waals surface area (Å²) in [6.45, 7) is 1.84. The van der Waals surface area contributed by atoms with Gasteiger partial charge in [-0.3, -0.25) is 5.14 Å². The van der Waals surface area contributed by atoms with Crippen molar-refractivity contribution in [3.05, 3.63) is 68.5 Å². The molecule has 0 spiro atoms. The number of ether oxygens (including phenoxy) is 1. The maximum absolute atomic E-state index is 12.6. The van der Waals surface area contributed by atoms with E-state index >= 15 is 0 Å². The van der Waals surface area contributed by atoms with Gasteiger partial charge in [-0.1, -0.05) is 23.7 Å². The molecule has 3 rings (SSSR count). The fraction of sp³-hybridized carbons (Fsp3) is 0.200. The highest BCUT2D eigenvalue weighted by molar-refractivity contribution is 7.98. The Kier molecular flexibility index (Phi) is 6.36. The normalized spacial score (nSPS) is 10.8. The minimum absolute atomic E-state index is 0.131. The quantitative estimate of drug-likeness (QED) is 0.456. The number of carbonyl (C=O) groups is 1. The molecule has 0 saturated carbocycles. The van der Waals surface area contributed by atoms with Crippen LogP contribution in [0.15, 0.2) is 45.6 Å². The maximum atomic E-state index is 12.6. The molecular formula is C20H20ClN3O4S. The van der Waals surface area contributed by atoms with E-state index < -0.39 is 11.7 Å². The van der Waals surface area contributed by atoms with Crippen LogP contribution in [0.1, 0.15) is 16.7 Å². The fourth-order valence-corrected chi connectivity index (χ4v) is 3.34. The van der Waals surface area contributed by atoms with Crippen LogP contribution in [0.5, 0.6) is 5.75 Å². The SMILES string of the molecule is Cc1c(Cc2cccc(NSN)c2)c(=O)oc2cc(OC(=O)N(C)C)c(Cl)cc12. The number of carbonyl (C=O) groups excluding carboxylic acids is 1. The standard InChI is InChI=1S/C20H20ClN3O4S/c1-11-14-9-16(21)18(28-20(26)24(2)3)10-17(14)27-19(25)15(11)8-12-5-4-6-13(7-12)23-29-22/h4-7,9-10,23H,8,22H2,1-3H3. The van der Waals surface area contributed by atoms with E-state index in [2.05, 4.69) is 4.72 Å². The molecule has 1 heterocycles. The lowest BCUT2D eigenvalue weighted by molar-refractivity contribution is 0.172. The third-order valence-corrected chi connectivity index (χ3v) is 5.04. The van der Waals surface area contributed by atoms with Gasteiger partial charge in [0.05, 0.1) is 5.02 Å². The number of nitrogens with zero attached hydrogens (tertiary/aromatic N) is 1. The van der Waals surface area contributed by atoms with Crippen LogP contribution in [0.25, 0.3) is 11.0 Å². The van der Waals surface area contributed by atoms with Crippen LogP contribution in [-0.2, 0) is 6.42 Å². The number of fused-ring (bicyclic) bond motifs is 1. The topological polar surface area (TPSA) is 97.8 Å². The first-order chi connectivity index (χ1) is 13.8. The van der Waals surface area contributed by atoms with Gasteiger partial charge >= 0.3 is 11.7 Å². The Labute approximate surface area is 177 Å². The minimum Gasteiger partial charge on any atom is -0.422 e. The molecule has 152 valence electrons. The van der Waals surface area contributed by atoms with Crippen molar-refractivity contribution in [2.24, 2.45) is 5.14 Å². The monoisotopic (exact) mass is 433 g/mol. The molecule has 0 aliphatic heterocycles. The van der Waals surface area contributed by atoms with Gasteiger partial charge in [0.25, 0.3) is 0 Å². The molecule has 2 aromatic carbocycles. The Balaban J connectivity index is 2.01. The largest absolute Gasteiger partial charge is 0.422 e. The molecule has 3 aromatic rings. The number of hydrogen-bond acceptors (Lipinski definition) is 7. The molecule has 0 aliphatic carbocycles. The van der Waals surface area contributed by atoms with Crippen LogP contribution >= 0.6 is 23.7 Å². The van der Waals surface area contributed by atoms with Crippen LogP contribution in [0.4, 0.5) is 10.5 Å². The average molecular weight is 434 g/mol. The van der Waals surface area contributed by atoms with E-state index in [0.29, 0.717) is 23.0 Å². The number of hydrogen-bond donors (Lipinski definition) is 2. The third kappa shape index (κ3) is 4.67. The van der Waals surface area contributed by atoms with Crippen LogP contribution in [0.3, 0.4) is 0 Å². The van der Waals surface area contributed by atoms with Gasteiger partial charge < -0.3 is 18.8 Å². The predicted octanol–water partition coefficient (Wildman–Crippen LogP) is 4.34. The molecule has 9 heteroatoms. The van der Waals surface area contributed by atoms with Crippen molar-refractivity contribution in [3.63, 3.8) is 0 Å². The summed E-state index contributed by atoms with van der Waals surface area (Å²) in [7, 11) is 3.12. The number of nitrogens with one attached hydrogen (secondary N) is 1. The van der Waals surface area contributed by atoms with Crippen molar-refractivity contribution in [2.75, 3.05) is 18.8 Å². The zero-order chi connectivity index (χ0) is 21.1. The molecule has 0 aliphatic rings. The number of benzene rings is 2. The number of aryl methyl sites for hydroxylation is 1. The lowest BCUT2D eigenvalue weighted by Gasteiger charge is -2.13. The molecule has 0 radical (unpaired) electrons. The Morgan fingerprint density at radius 3 is 2.76 bits per heavy atom. The van der Waals surface area contributed by atoms with Crippen molar-refractivity contribution in [1.29, 1.82) is 0 Å². The van der Waals surface area contributed by atoms with Gasteiger partial charge in [0.15, 0.2) is 5.75 Å². The fourth-order valence-electron chi connectivity index (χ4n) is 2.87. The van der Waals surface area contributed by atoms with Gasteiger partial charge in [0, 0.05) is 55.4 Å². The molecule has 0 fully saturated rings. The number of amides is 1. The lowest BCUT2D eigenvalue weighted by atomic mass is 9.99. The highest BCUT2D eigenvalue weighted by Gasteiger charge is 2.17. The Morgan fingerprint density at radius 2 is 2.07 bits per heavy atom. The summed E-state index contributed by atoms with van der Waals surface area (Å²) in [6, 6.07) is 10.7. The van der Waals surface area contributed by atoms with Crippen molar-refractivity contribution in [2.45, 2.75) is 13.3 Å². The van der Waals surface area contributed by atoms with Crippen LogP contribution < -0.4 is 20.2 Å². The summed E-state index contributed by atoms with van der Waals surface area (Å²) in [5.74, 6) is 0.131. The number of halogens is 1. The first-order valence-electron chi connectivity index (χ1n) is 8.65. The van der Waals surface area contributed by atoms with Crippen molar-refractivity contribution >= 4 is 46.5 Å². The average Bonchev–Trinajstić information content (AvgIpc) is 2.67. The van der Waals surface area contributed by atoms with Crippen LogP contribution in [-0.4, -0.2) is 25.1 Å². The number of anilines is 1. The zero-order valence-electron chi connectivity index (χ0n) is 16.1. The van der Waals surface area contributed by atoms with Crippen LogP contribution in [0, 0.1) is 6.92 Å². The lowest BCUT2D eigenvalue weighted by Crippen LogP contribution is -2.25. The molecule has 3 N–H and O–H groups in total. The van der Waals surface area contributed by atoms with Crippen molar-refractivity contribution in [1.82, 2.24) is 4.90 Å². The minimum atomic E-state index is -0.578. The van der Waals surface area contributed by atoms with Gasteiger partial charge in [0.2, 0.25) is 0 Å². The van der Waals surface area contributed by atoms with Gasteiger partial charge in [-0.15, -0.1) is 0 Å². The summed E-state index contributed by atoms with van der Waals surface area (Å²) in [5, 5.41) is 6.37. The first kappa shape index (κ1) is 21.0. The number of rotatable bonds is 5. The van der Waals surface area contributed by atoms with Gasteiger partial charge in [-0.2, -0.15) is 0 Å². The van der Waals surface area contributed by atoms with E-state index in [4.69, 9.17) is 25.9 Å². The Hall–Kier alpha value is -2.68. The maximum Gasteiger partial charge on any atom is 0.414 e. The first-order valence-corrected chi connectivity index (χ1v) is 9.91. The second-order valence-corrected chi connectivity index (χ2v) is 7.48. The Bertz CT molecular complexity index is 1130.